The number of cyclic esters (lactones) is 1. The van der Waals surface area contributed by atoms with Crippen LogP contribution in [0.5, 0.6) is 0 Å². The van der Waals surface area contributed by atoms with Gasteiger partial charge >= 0.3 is 12.1 Å². The lowest BCUT2D eigenvalue weighted by Crippen LogP contribution is -2.44. The highest BCUT2D eigenvalue weighted by atomic mass is 19.4. The van der Waals surface area contributed by atoms with Gasteiger partial charge in [-0.25, -0.2) is 9.18 Å². The molecule has 0 bridgehead atoms. The van der Waals surface area contributed by atoms with Crippen LogP contribution >= 0.6 is 0 Å². The molecule has 0 radical (unpaired) electrons. The molecule has 190 valence electrons. The molecule has 2 aromatic rings. The Labute approximate surface area is 205 Å². The summed E-state index contributed by atoms with van der Waals surface area (Å²) in [6.45, 7) is 2.01. The number of aliphatic hydroxyl groups is 1. The van der Waals surface area contributed by atoms with Gasteiger partial charge in [-0.3, -0.25) is 4.79 Å². The number of alkyl halides is 3. The smallest absolute Gasteiger partial charge is 0.416 e. The molecule has 1 aliphatic carbocycles. The van der Waals surface area contributed by atoms with Crippen LogP contribution in [0.4, 0.5) is 23.2 Å². The molecule has 1 fully saturated rings. The molecule has 1 heterocycles. The number of rotatable bonds is 7. The molecular formula is C27H25F4NO4. The summed E-state index contributed by atoms with van der Waals surface area (Å²) in [5, 5.41) is 14.0. The molecule has 1 aliphatic heterocycles. The van der Waals surface area contributed by atoms with E-state index >= 15 is 0 Å². The summed E-state index contributed by atoms with van der Waals surface area (Å²) in [5.74, 6) is 3.22. The van der Waals surface area contributed by atoms with Crippen LogP contribution in [0.2, 0.25) is 0 Å². The third-order valence-electron chi connectivity index (χ3n) is 6.58. The van der Waals surface area contributed by atoms with Crippen molar-refractivity contribution in [2.24, 2.45) is 0 Å². The van der Waals surface area contributed by atoms with Gasteiger partial charge in [-0.05, 0) is 61.2 Å². The van der Waals surface area contributed by atoms with Crippen molar-refractivity contribution in [1.82, 2.24) is 0 Å². The van der Waals surface area contributed by atoms with Gasteiger partial charge in [0.05, 0.1) is 11.1 Å². The van der Waals surface area contributed by atoms with Gasteiger partial charge in [0.15, 0.2) is 0 Å². The normalized spacial score (nSPS) is 17.3. The highest BCUT2D eigenvalue weighted by molar-refractivity contribution is 6.01. The van der Waals surface area contributed by atoms with Gasteiger partial charge in [-0.1, -0.05) is 25.2 Å². The molecule has 9 heteroatoms. The number of nitrogens with one attached hydrogen (secondary N) is 1. The van der Waals surface area contributed by atoms with Crippen LogP contribution in [-0.4, -0.2) is 22.6 Å². The zero-order chi connectivity index (χ0) is 26.1. The number of amides is 1. The fraction of sp³-hybridized carbons (Fsp3) is 0.407. The summed E-state index contributed by atoms with van der Waals surface area (Å²) in [6, 6.07) is 6.70. The molecule has 2 aromatic carbocycles. The van der Waals surface area contributed by atoms with Crippen molar-refractivity contribution in [3.05, 3.63) is 64.5 Å². The summed E-state index contributed by atoms with van der Waals surface area (Å²) < 4.78 is 59.5. The molecule has 2 aliphatic rings. The second-order valence-electron chi connectivity index (χ2n) is 9.32. The number of halogens is 4. The SMILES string of the molecule is CCCCC#CC(O)(CC1(c2cc(C(F)(F)F)ccc2F)CC1)C(=O)Nc1ccc2c(c1)COC2=O. The van der Waals surface area contributed by atoms with Crippen molar-refractivity contribution >= 4 is 17.6 Å². The minimum absolute atomic E-state index is 0.0525. The molecule has 1 saturated carbocycles. The lowest BCUT2D eigenvalue weighted by Gasteiger charge is -2.28. The zero-order valence-corrected chi connectivity index (χ0v) is 19.6. The molecule has 4 rings (SSSR count). The van der Waals surface area contributed by atoms with E-state index in [-0.39, 0.29) is 18.6 Å². The lowest BCUT2D eigenvalue weighted by molar-refractivity contribution is -0.137. The summed E-state index contributed by atoms with van der Waals surface area (Å²) in [5.41, 5.74) is -3.39. The molecule has 5 nitrogen and oxygen atoms in total. The Kier molecular flexibility index (Phi) is 6.84. The molecule has 0 saturated heterocycles. The maximum Gasteiger partial charge on any atom is 0.416 e. The summed E-state index contributed by atoms with van der Waals surface area (Å²) in [7, 11) is 0. The molecule has 36 heavy (non-hydrogen) atoms. The third-order valence-corrected chi connectivity index (χ3v) is 6.58. The third kappa shape index (κ3) is 5.24. The second kappa shape index (κ2) is 9.58. The second-order valence-corrected chi connectivity index (χ2v) is 9.32. The largest absolute Gasteiger partial charge is 0.457 e. The maximum absolute atomic E-state index is 14.7. The van der Waals surface area contributed by atoms with E-state index < -0.39 is 40.4 Å². The zero-order valence-electron chi connectivity index (χ0n) is 19.6. The lowest BCUT2D eigenvalue weighted by atomic mass is 9.81. The number of esters is 1. The van der Waals surface area contributed by atoms with E-state index in [0.29, 0.717) is 42.1 Å². The average molecular weight is 503 g/mol. The van der Waals surface area contributed by atoms with Crippen molar-refractivity contribution in [2.45, 2.75) is 69.2 Å². The predicted octanol–water partition coefficient (Wildman–Crippen LogP) is 5.50. The number of carbonyl (C=O) groups excluding carboxylic acids is 2. The summed E-state index contributed by atoms with van der Waals surface area (Å²) in [4.78, 5) is 24.9. The number of benzene rings is 2. The molecule has 0 aromatic heterocycles. The van der Waals surface area contributed by atoms with Gasteiger partial charge < -0.3 is 15.2 Å². The van der Waals surface area contributed by atoms with Crippen molar-refractivity contribution in [3.63, 3.8) is 0 Å². The summed E-state index contributed by atoms with van der Waals surface area (Å²) in [6.07, 6.45) is -2.44. The van der Waals surface area contributed by atoms with E-state index in [1.54, 1.807) is 6.07 Å². The molecule has 1 amide bonds. The standard InChI is InChI=1S/C27H25F4NO4/c1-2-3-4-5-10-26(35,24(34)32-19-7-8-20-17(13-19)15-36-23(20)33)16-25(11-12-25)21-14-18(27(29,30)31)6-9-22(21)28/h6-9,13-14,35H,2-4,11-12,15-16H2,1H3,(H,32,34). The fourth-order valence-electron chi connectivity index (χ4n) is 4.39. The number of ether oxygens (including phenoxy) is 1. The number of hydrogen-bond acceptors (Lipinski definition) is 4. The number of fused-ring (bicyclic) bond motifs is 1. The molecular weight excluding hydrogens is 478 g/mol. The van der Waals surface area contributed by atoms with Crippen LogP contribution in [0.15, 0.2) is 36.4 Å². The van der Waals surface area contributed by atoms with E-state index in [2.05, 4.69) is 17.2 Å². The quantitative estimate of drug-likeness (QED) is 0.227. The van der Waals surface area contributed by atoms with Crippen molar-refractivity contribution in [1.29, 1.82) is 0 Å². The van der Waals surface area contributed by atoms with E-state index in [1.807, 2.05) is 6.92 Å². The van der Waals surface area contributed by atoms with Crippen LogP contribution in [0.3, 0.4) is 0 Å². The first-order valence-corrected chi connectivity index (χ1v) is 11.7. The Balaban J connectivity index is 1.64. The van der Waals surface area contributed by atoms with Gasteiger partial charge in [-0.15, -0.1) is 0 Å². The van der Waals surface area contributed by atoms with Gasteiger partial charge in [0.25, 0.3) is 5.91 Å². The maximum atomic E-state index is 14.7. The van der Waals surface area contributed by atoms with Crippen LogP contribution in [-0.2, 0) is 27.7 Å². The number of unbranched alkanes of at least 4 members (excludes halogenated alkanes) is 2. The van der Waals surface area contributed by atoms with E-state index in [1.165, 1.54) is 12.1 Å². The fourth-order valence-corrected chi connectivity index (χ4v) is 4.39. The van der Waals surface area contributed by atoms with E-state index in [4.69, 9.17) is 4.74 Å². The van der Waals surface area contributed by atoms with E-state index in [9.17, 15) is 32.3 Å². The number of carbonyl (C=O) groups is 2. The van der Waals surface area contributed by atoms with Crippen molar-refractivity contribution in [3.8, 4) is 11.8 Å². The topological polar surface area (TPSA) is 75.6 Å². The first kappa shape index (κ1) is 25.7. The molecule has 1 unspecified atom stereocenters. The van der Waals surface area contributed by atoms with Gasteiger partial charge in [0.1, 0.15) is 12.4 Å². The first-order chi connectivity index (χ1) is 17.0. The predicted molar refractivity (Wildman–Crippen MR) is 123 cm³/mol. The minimum atomic E-state index is -4.66. The first-order valence-electron chi connectivity index (χ1n) is 11.7. The number of anilines is 1. The summed E-state index contributed by atoms with van der Waals surface area (Å²) >= 11 is 0. The Morgan fingerprint density at radius 3 is 2.61 bits per heavy atom. The Morgan fingerprint density at radius 2 is 1.94 bits per heavy atom. The highest BCUT2D eigenvalue weighted by Gasteiger charge is 2.53. The van der Waals surface area contributed by atoms with Gasteiger partial charge in [0.2, 0.25) is 5.60 Å². The highest BCUT2D eigenvalue weighted by Crippen LogP contribution is 2.55. The minimum Gasteiger partial charge on any atom is -0.457 e. The number of hydrogen-bond donors (Lipinski definition) is 2. The van der Waals surface area contributed by atoms with Crippen molar-refractivity contribution in [2.75, 3.05) is 5.32 Å². The van der Waals surface area contributed by atoms with Crippen LogP contribution in [0, 0.1) is 17.7 Å². The van der Waals surface area contributed by atoms with Gasteiger partial charge in [-0.2, -0.15) is 13.2 Å². The monoisotopic (exact) mass is 503 g/mol. The Bertz CT molecular complexity index is 1260. The molecule has 0 spiro atoms. The Hall–Kier alpha value is -3.38. The van der Waals surface area contributed by atoms with Crippen LogP contribution in [0.1, 0.15) is 72.5 Å². The van der Waals surface area contributed by atoms with Crippen LogP contribution in [0.25, 0.3) is 0 Å². The average Bonchev–Trinajstić information content (AvgIpc) is 3.50. The molecule has 2 N–H and O–H groups in total. The van der Waals surface area contributed by atoms with E-state index in [0.717, 1.165) is 25.0 Å². The van der Waals surface area contributed by atoms with Crippen molar-refractivity contribution < 1.29 is 37.0 Å². The van der Waals surface area contributed by atoms with Crippen LogP contribution < -0.4 is 5.32 Å². The Morgan fingerprint density at radius 1 is 1.19 bits per heavy atom. The molecule has 1 atom stereocenters. The van der Waals surface area contributed by atoms with Gasteiger partial charge in [0, 0.05) is 29.5 Å².